The molecule has 152 valence electrons. The van der Waals surface area contributed by atoms with E-state index >= 15 is 0 Å². The zero-order chi connectivity index (χ0) is 20.4. The summed E-state index contributed by atoms with van der Waals surface area (Å²) >= 11 is 0. The van der Waals surface area contributed by atoms with Gasteiger partial charge in [-0.3, -0.25) is 9.48 Å². The van der Waals surface area contributed by atoms with E-state index < -0.39 is 0 Å². The normalized spacial score (nSPS) is 15.1. The largest absolute Gasteiger partial charge is 0.467 e. The number of hydrogen-bond donors (Lipinski definition) is 0. The Balaban J connectivity index is 1.31. The second kappa shape index (κ2) is 8.23. The van der Waals surface area contributed by atoms with E-state index in [1.54, 1.807) is 4.68 Å². The third-order valence-electron chi connectivity index (χ3n) is 5.82. The van der Waals surface area contributed by atoms with Crippen LogP contribution in [-0.4, -0.2) is 45.3 Å². The molecule has 1 fully saturated rings. The number of rotatable bonds is 5. The van der Waals surface area contributed by atoms with Crippen LogP contribution in [0.15, 0.2) is 36.4 Å². The van der Waals surface area contributed by atoms with Crippen molar-refractivity contribution in [1.82, 2.24) is 19.7 Å². The first-order chi connectivity index (χ1) is 14.0. The van der Waals surface area contributed by atoms with E-state index in [4.69, 9.17) is 4.74 Å². The second-order valence-electron chi connectivity index (χ2n) is 7.99. The van der Waals surface area contributed by atoms with Crippen LogP contribution in [0.1, 0.15) is 29.7 Å². The van der Waals surface area contributed by atoms with Gasteiger partial charge in [-0.25, -0.2) is 0 Å². The summed E-state index contributed by atoms with van der Waals surface area (Å²) in [5, 5.41) is 5.47. The summed E-state index contributed by atoms with van der Waals surface area (Å²) in [7, 11) is 1.87. The van der Waals surface area contributed by atoms with E-state index in [-0.39, 0.29) is 12.5 Å². The van der Waals surface area contributed by atoms with Gasteiger partial charge in [-0.15, -0.1) is 0 Å². The highest BCUT2D eigenvalue weighted by Crippen LogP contribution is 2.24. The number of nitrogens with zero attached hydrogens (tertiary/aromatic N) is 4. The van der Waals surface area contributed by atoms with E-state index in [1.165, 1.54) is 5.56 Å². The first kappa shape index (κ1) is 19.4. The molecule has 0 radical (unpaired) electrons. The lowest BCUT2D eigenvalue weighted by atomic mass is 9.90. The van der Waals surface area contributed by atoms with Crippen LogP contribution in [0.2, 0.25) is 0 Å². The molecule has 2 aromatic heterocycles. The summed E-state index contributed by atoms with van der Waals surface area (Å²) < 4.78 is 7.51. The average Bonchev–Trinajstić information content (AvgIpc) is 3.01. The minimum Gasteiger partial charge on any atom is -0.467 e. The maximum atomic E-state index is 12.6. The molecule has 1 saturated heterocycles. The van der Waals surface area contributed by atoms with Crippen molar-refractivity contribution in [2.45, 2.75) is 33.1 Å². The molecule has 1 aliphatic heterocycles. The van der Waals surface area contributed by atoms with Crippen LogP contribution in [-0.2, 0) is 18.3 Å². The van der Waals surface area contributed by atoms with Crippen molar-refractivity contribution in [2.24, 2.45) is 13.0 Å². The molecule has 1 aromatic carbocycles. The number of carbonyl (C=O) groups is 1. The lowest BCUT2D eigenvalue weighted by Gasteiger charge is -2.32. The molecule has 6 nitrogen and oxygen atoms in total. The smallest absolute Gasteiger partial charge is 0.260 e. The molecule has 29 heavy (non-hydrogen) atoms. The highest BCUT2D eigenvalue weighted by Gasteiger charge is 2.23. The number of aromatic nitrogens is 3. The molecule has 3 aromatic rings. The number of ether oxygens (including phenoxy) is 1. The standard InChI is InChI=1S/C23H28N4O2/c1-16-13-20(24-23-22(16)17(2)25-26(23)3)29-15-21(28)27-11-9-19(10-12-27)14-18-7-5-4-6-8-18/h4-8,13,19H,9-12,14-15H2,1-3H3. The molecule has 0 atom stereocenters. The number of fused-ring (bicyclic) bond motifs is 1. The topological polar surface area (TPSA) is 60.2 Å². The highest BCUT2D eigenvalue weighted by atomic mass is 16.5. The molecule has 6 heteroatoms. The van der Waals surface area contributed by atoms with Gasteiger partial charge in [0.15, 0.2) is 12.3 Å². The van der Waals surface area contributed by atoms with Crippen LogP contribution in [0.25, 0.3) is 11.0 Å². The fourth-order valence-electron chi connectivity index (χ4n) is 4.26. The minimum absolute atomic E-state index is 0.0259. The summed E-state index contributed by atoms with van der Waals surface area (Å²) in [6.45, 7) is 5.61. The van der Waals surface area contributed by atoms with E-state index in [9.17, 15) is 4.79 Å². The SMILES string of the molecule is Cc1cc(OCC(=O)N2CCC(Cc3ccccc3)CC2)nc2c1c(C)nn2C. The average molecular weight is 393 g/mol. The molecule has 0 bridgehead atoms. The first-order valence-corrected chi connectivity index (χ1v) is 10.3. The van der Waals surface area contributed by atoms with Gasteiger partial charge in [-0.05, 0) is 50.2 Å². The lowest BCUT2D eigenvalue weighted by molar-refractivity contribution is -0.134. The van der Waals surface area contributed by atoms with Crippen LogP contribution in [0.5, 0.6) is 5.88 Å². The van der Waals surface area contributed by atoms with Crippen LogP contribution in [0, 0.1) is 19.8 Å². The molecular weight excluding hydrogens is 364 g/mol. The minimum atomic E-state index is 0.0259. The summed E-state index contributed by atoms with van der Waals surface area (Å²) in [5.41, 5.74) is 4.17. The lowest BCUT2D eigenvalue weighted by Crippen LogP contribution is -2.41. The molecule has 4 rings (SSSR count). The summed E-state index contributed by atoms with van der Waals surface area (Å²) in [4.78, 5) is 19.1. The van der Waals surface area contributed by atoms with Gasteiger partial charge in [0.25, 0.3) is 5.91 Å². The van der Waals surface area contributed by atoms with Crippen molar-refractivity contribution in [3.05, 3.63) is 53.2 Å². The zero-order valence-corrected chi connectivity index (χ0v) is 17.4. The van der Waals surface area contributed by atoms with Gasteiger partial charge in [0.2, 0.25) is 5.88 Å². The first-order valence-electron chi connectivity index (χ1n) is 10.3. The predicted molar refractivity (Wildman–Crippen MR) is 113 cm³/mol. The van der Waals surface area contributed by atoms with Crippen molar-refractivity contribution < 1.29 is 9.53 Å². The van der Waals surface area contributed by atoms with E-state index in [0.29, 0.717) is 11.8 Å². The van der Waals surface area contributed by atoms with Crippen molar-refractivity contribution in [3.63, 3.8) is 0 Å². The van der Waals surface area contributed by atoms with Crippen LogP contribution in [0.4, 0.5) is 0 Å². The summed E-state index contributed by atoms with van der Waals surface area (Å²) in [6.07, 6.45) is 3.17. The van der Waals surface area contributed by atoms with Crippen molar-refractivity contribution in [1.29, 1.82) is 0 Å². The van der Waals surface area contributed by atoms with Gasteiger partial charge in [-0.1, -0.05) is 30.3 Å². The van der Waals surface area contributed by atoms with Crippen LogP contribution in [0.3, 0.4) is 0 Å². The number of piperidine rings is 1. The molecule has 1 aliphatic rings. The molecule has 3 heterocycles. The number of amides is 1. The highest BCUT2D eigenvalue weighted by molar-refractivity contribution is 5.82. The van der Waals surface area contributed by atoms with Gasteiger partial charge >= 0.3 is 0 Å². The Hall–Kier alpha value is -2.89. The molecule has 0 N–H and O–H groups in total. The Kier molecular flexibility index (Phi) is 5.51. The Morgan fingerprint density at radius 3 is 2.62 bits per heavy atom. The Morgan fingerprint density at radius 2 is 1.90 bits per heavy atom. The number of pyridine rings is 1. The second-order valence-corrected chi connectivity index (χ2v) is 7.99. The number of hydrogen-bond acceptors (Lipinski definition) is 4. The monoisotopic (exact) mass is 392 g/mol. The Morgan fingerprint density at radius 1 is 1.17 bits per heavy atom. The third-order valence-corrected chi connectivity index (χ3v) is 5.82. The van der Waals surface area contributed by atoms with Crippen LogP contribution < -0.4 is 4.74 Å². The molecule has 1 amide bonds. The van der Waals surface area contributed by atoms with Crippen LogP contribution >= 0.6 is 0 Å². The fraction of sp³-hybridized carbons (Fsp3) is 0.435. The molecule has 0 unspecified atom stereocenters. The number of carbonyl (C=O) groups excluding carboxylic acids is 1. The van der Waals surface area contributed by atoms with E-state index in [0.717, 1.165) is 54.6 Å². The predicted octanol–water partition coefficient (Wildman–Crippen LogP) is 3.45. The fourth-order valence-corrected chi connectivity index (χ4v) is 4.26. The Bertz CT molecular complexity index is 1000. The molecule has 0 spiro atoms. The molecule has 0 aliphatic carbocycles. The molecule has 0 saturated carbocycles. The van der Waals surface area contributed by atoms with Crippen molar-refractivity contribution >= 4 is 16.9 Å². The van der Waals surface area contributed by atoms with Crippen molar-refractivity contribution in [2.75, 3.05) is 19.7 Å². The van der Waals surface area contributed by atoms with Gasteiger partial charge < -0.3 is 9.64 Å². The summed E-state index contributed by atoms with van der Waals surface area (Å²) in [6, 6.07) is 12.5. The third kappa shape index (κ3) is 4.26. The molecular formula is C23H28N4O2. The van der Waals surface area contributed by atoms with Gasteiger partial charge in [-0.2, -0.15) is 10.1 Å². The van der Waals surface area contributed by atoms with Gasteiger partial charge in [0, 0.05) is 31.6 Å². The maximum Gasteiger partial charge on any atom is 0.260 e. The van der Waals surface area contributed by atoms with Gasteiger partial charge in [0.1, 0.15) is 0 Å². The number of likely N-dealkylation sites (tertiary alicyclic amines) is 1. The zero-order valence-electron chi connectivity index (χ0n) is 17.4. The summed E-state index contributed by atoms with van der Waals surface area (Å²) in [5.74, 6) is 1.15. The van der Waals surface area contributed by atoms with Gasteiger partial charge in [0.05, 0.1) is 5.69 Å². The quantitative estimate of drug-likeness (QED) is 0.667. The van der Waals surface area contributed by atoms with Crippen molar-refractivity contribution in [3.8, 4) is 5.88 Å². The maximum absolute atomic E-state index is 12.6. The number of benzene rings is 1. The Labute approximate surface area is 171 Å². The van der Waals surface area contributed by atoms with E-state index in [2.05, 4.69) is 34.3 Å². The number of aryl methyl sites for hydroxylation is 3. The van der Waals surface area contributed by atoms with E-state index in [1.807, 2.05) is 37.9 Å².